The lowest BCUT2D eigenvalue weighted by atomic mass is 10.0. The summed E-state index contributed by atoms with van der Waals surface area (Å²) in [6.45, 7) is 5.43. The van der Waals surface area contributed by atoms with Gasteiger partial charge in [-0.2, -0.15) is 0 Å². The molecule has 1 heterocycles. The minimum atomic E-state index is -0.812. The zero-order chi connectivity index (χ0) is 12.7. The molecule has 6 heteroatoms. The second-order valence-corrected chi connectivity index (χ2v) is 4.30. The molecule has 1 aliphatic heterocycles. The second-order valence-electron chi connectivity index (χ2n) is 4.30. The number of rotatable bonds is 5. The smallest absolute Gasteiger partial charge is 0.317 e. The third kappa shape index (κ3) is 5.04. The Kier molecular flexibility index (Phi) is 5.76. The predicted octanol–water partition coefficient (Wildman–Crippen LogP) is 0.102. The maximum absolute atomic E-state index is 11.7. The van der Waals surface area contributed by atoms with Crippen molar-refractivity contribution in [2.75, 3.05) is 32.7 Å². The Morgan fingerprint density at radius 1 is 1.41 bits per heavy atom. The third-order valence-electron chi connectivity index (χ3n) is 2.99. The Bertz CT molecular complexity index is 265. The highest BCUT2D eigenvalue weighted by Gasteiger charge is 2.17. The number of carboxylic acid groups (broad SMARTS) is 1. The number of hydrogen-bond acceptors (Lipinski definition) is 3. The summed E-state index contributed by atoms with van der Waals surface area (Å²) in [5.41, 5.74) is 0. The number of piperazine rings is 1. The first-order chi connectivity index (χ1) is 8.13. The van der Waals surface area contributed by atoms with Gasteiger partial charge in [-0.05, 0) is 5.92 Å². The van der Waals surface area contributed by atoms with Crippen molar-refractivity contribution in [2.24, 2.45) is 5.92 Å². The first-order valence-corrected chi connectivity index (χ1v) is 6.08. The van der Waals surface area contributed by atoms with Crippen LogP contribution in [0.5, 0.6) is 0 Å². The van der Waals surface area contributed by atoms with E-state index in [1.54, 1.807) is 4.90 Å². The summed E-state index contributed by atoms with van der Waals surface area (Å²) in [6.07, 6.45) is 0.868. The molecule has 0 radical (unpaired) electrons. The van der Waals surface area contributed by atoms with Gasteiger partial charge in [0, 0.05) is 39.1 Å². The Morgan fingerprint density at radius 2 is 2.06 bits per heavy atom. The normalized spacial score (nSPS) is 17.6. The molecule has 17 heavy (non-hydrogen) atoms. The van der Waals surface area contributed by atoms with E-state index >= 15 is 0 Å². The molecule has 0 spiro atoms. The molecule has 0 bridgehead atoms. The van der Waals surface area contributed by atoms with E-state index in [1.165, 1.54) is 0 Å². The first kappa shape index (κ1) is 13.8. The summed E-state index contributed by atoms with van der Waals surface area (Å²) < 4.78 is 0. The average Bonchev–Trinajstić information content (AvgIpc) is 2.34. The van der Waals surface area contributed by atoms with Crippen LogP contribution >= 0.6 is 0 Å². The van der Waals surface area contributed by atoms with Crippen LogP contribution < -0.4 is 10.6 Å². The first-order valence-electron chi connectivity index (χ1n) is 6.08. The minimum absolute atomic E-state index is 0.0133. The zero-order valence-electron chi connectivity index (χ0n) is 10.2. The molecule has 0 aliphatic carbocycles. The topological polar surface area (TPSA) is 81.7 Å². The van der Waals surface area contributed by atoms with E-state index in [4.69, 9.17) is 5.11 Å². The molecular weight excluding hydrogens is 222 g/mol. The molecule has 0 saturated carbocycles. The fourth-order valence-corrected chi connectivity index (χ4v) is 1.82. The molecule has 1 fully saturated rings. The molecule has 0 aromatic carbocycles. The Morgan fingerprint density at radius 3 is 2.59 bits per heavy atom. The number of nitrogens with one attached hydrogen (secondary N) is 2. The number of amides is 2. The third-order valence-corrected chi connectivity index (χ3v) is 2.99. The molecule has 1 atom stereocenters. The van der Waals surface area contributed by atoms with Gasteiger partial charge in [-0.3, -0.25) is 4.79 Å². The van der Waals surface area contributed by atoms with Crippen molar-refractivity contribution in [1.29, 1.82) is 0 Å². The molecule has 98 valence electrons. The van der Waals surface area contributed by atoms with Crippen LogP contribution in [0.4, 0.5) is 4.79 Å². The molecule has 0 aromatic heterocycles. The number of carboxylic acids is 1. The summed E-state index contributed by atoms with van der Waals surface area (Å²) in [4.78, 5) is 24.1. The Hall–Kier alpha value is -1.30. The molecule has 1 aliphatic rings. The second kappa shape index (κ2) is 7.11. The lowest BCUT2D eigenvalue weighted by Gasteiger charge is -2.28. The van der Waals surface area contributed by atoms with Crippen LogP contribution in [0.2, 0.25) is 0 Å². The largest absolute Gasteiger partial charge is 0.481 e. The lowest BCUT2D eigenvalue weighted by molar-refractivity contribution is -0.138. The molecule has 6 nitrogen and oxygen atoms in total. The summed E-state index contributed by atoms with van der Waals surface area (Å²) in [6, 6.07) is -0.0876. The fourth-order valence-electron chi connectivity index (χ4n) is 1.82. The summed E-state index contributed by atoms with van der Waals surface area (Å²) in [5, 5.41) is 14.7. The lowest BCUT2D eigenvalue weighted by Crippen LogP contribution is -2.50. The van der Waals surface area contributed by atoms with Crippen LogP contribution in [-0.4, -0.2) is 54.7 Å². The minimum Gasteiger partial charge on any atom is -0.481 e. The Balaban J connectivity index is 2.27. The molecule has 1 saturated heterocycles. The van der Waals surface area contributed by atoms with Crippen molar-refractivity contribution in [3.8, 4) is 0 Å². The fraction of sp³-hybridized carbons (Fsp3) is 0.818. The number of carbonyl (C=O) groups is 2. The number of carbonyl (C=O) groups excluding carboxylic acids is 1. The van der Waals surface area contributed by atoms with E-state index in [0.29, 0.717) is 19.6 Å². The van der Waals surface area contributed by atoms with Gasteiger partial charge < -0.3 is 20.6 Å². The van der Waals surface area contributed by atoms with Gasteiger partial charge in [-0.15, -0.1) is 0 Å². The highest BCUT2D eigenvalue weighted by atomic mass is 16.4. The van der Waals surface area contributed by atoms with Crippen LogP contribution in [0, 0.1) is 5.92 Å². The molecule has 1 rings (SSSR count). The summed E-state index contributed by atoms with van der Waals surface area (Å²) >= 11 is 0. The highest BCUT2D eigenvalue weighted by Crippen LogP contribution is 2.06. The van der Waals surface area contributed by atoms with E-state index < -0.39 is 5.97 Å². The van der Waals surface area contributed by atoms with Gasteiger partial charge in [-0.25, -0.2) is 4.79 Å². The molecule has 1 unspecified atom stereocenters. The van der Waals surface area contributed by atoms with E-state index in [9.17, 15) is 9.59 Å². The SMILES string of the molecule is CCC(CNC(=O)N1CCNCC1)CC(=O)O. The molecule has 0 aromatic rings. The van der Waals surface area contributed by atoms with Crippen molar-refractivity contribution in [3.05, 3.63) is 0 Å². The maximum Gasteiger partial charge on any atom is 0.317 e. The van der Waals surface area contributed by atoms with Crippen molar-refractivity contribution in [1.82, 2.24) is 15.5 Å². The average molecular weight is 243 g/mol. The Labute approximate surface area is 101 Å². The van der Waals surface area contributed by atoms with Crippen molar-refractivity contribution < 1.29 is 14.7 Å². The van der Waals surface area contributed by atoms with E-state index in [0.717, 1.165) is 19.5 Å². The van der Waals surface area contributed by atoms with E-state index in [1.807, 2.05) is 6.92 Å². The highest BCUT2D eigenvalue weighted by molar-refractivity contribution is 5.74. The number of aliphatic carboxylic acids is 1. The van der Waals surface area contributed by atoms with Crippen LogP contribution in [0.1, 0.15) is 19.8 Å². The van der Waals surface area contributed by atoms with Crippen LogP contribution in [0.25, 0.3) is 0 Å². The van der Waals surface area contributed by atoms with Crippen molar-refractivity contribution >= 4 is 12.0 Å². The van der Waals surface area contributed by atoms with E-state index in [2.05, 4.69) is 10.6 Å². The van der Waals surface area contributed by atoms with Crippen LogP contribution in [0.15, 0.2) is 0 Å². The molecular formula is C11H21N3O3. The molecule has 3 N–H and O–H groups in total. The van der Waals surface area contributed by atoms with Crippen molar-refractivity contribution in [3.63, 3.8) is 0 Å². The summed E-state index contributed by atoms with van der Waals surface area (Å²) in [5.74, 6) is -0.798. The monoisotopic (exact) mass is 243 g/mol. The van der Waals surface area contributed by atoms with E-state index in [-0.39, 0.29) is 18.4 Å². The van der Waals surface area contributed by atoms with Gasteiger partial charge in [0.15, 0.2) is 0 Å². The standard InChI is InChI=1S/C11H21N3O3/c1-2-9(7-10(15)16)8-13-11(17)14-5-3-12-4-6-14/h9,12H,2-8H2,1H3,(H,13,17)(H,15,16). The van der Waals surface area contributed by atoms with Gasteiger partial charge in [-0.1, -0.05) is 13.3 Å². The van der Waals surface area contributed by atoms with Gasteiger partial charge in [0.25, 0.3) is 0 Å². The zero-order valence-corrected chi connectivity index (χ0v) is 10.2. The van der Waals surface area contributed by atoms with Crippen molar-refractivity contribution in [2.45, 2.75) is 19.8 Å². The van der Waals surface area contributed by atoms with Gasteiger partial charge >= 0.3 is 12.0 Å². The maximum atomic E-state index is 11.7. The van der Waals surface area contributed by atoms with Gasteiger partial charge in [0.1, 0.15) is 0 Å². The van der Waals surface area contributed by atoms with Crippen LogP contribution in [-0.2, 0) is 4.79 Å². The number of hydrogen-bond donors (Lipinski definition) is 3. The number of nitrogens with zero attached hydrogens (tertiary/aromatic N) is 1. The predicted molar refractivity (Wildman–Crippen MR) is 63.9 cm³/mol. The van der Waals surface area contributed by atoms with Gasteiger partial charge in [0.05, 0.1) is 0 Å². The quantitative estimate of drug-likeness (QED) is 0.640. The number of urea groups is 1. The van der Waals surface area contributed by atoms with Crippen LogP contribution in [0.3, 0.4) is 0 Å². The molecule has 2 amide bonds. The van der Waals surface area contributed by atoms with Gasteiger partial charge in [0.2, 0.25) is 0 Å². The summed E-state index contributed by atoms with van der Waals surface area (Å²) in [7, 11) is 0.